The van der Waals surface area contributed by atoms with E-state index in [0.717, 1.165) is 4.47 Å². The summed E-state index contributed by atoms with van der Waals surface area (Å²) in [5, 5.41) is 2.96. The number of rotatable bonds is 4. The molecule has 1 saturated carbocycles. The molecule has 2 aromatic heterocycles. The second-order valence-electron chi connectivity index (χ2n) is 9.43. The van der Waals surface area contributed by atoms with Gasteiger partial charge in [-0.25, -0.2) is 4.79 Å². The van der Waals surface area contributed by atoms with Crippen LogP contribution in [0.1, 0.15) is 46.5 Å². The third-order valence-electron chi connectivity index (χ3n) is 6.02. The quantitative estimate of drug-likeness (QED) is 0.703. The molecule has 2 saturated heterocycles. The highest BCUT2D eigenvalue weighted by molar-refractivity contribution is 9.10. The summed E-state index contributed by atoms with van der Waals surface area (Å²) in [5.74, 6) is -0.132. The lowest BCUT2D eigenvalue weighted by atomic mass is 9.69. The number of ether oxygens (including phenoxy) is 2. The number of alkyl carbamates (subject to hydrolysis) is 1. The summed E-state index contributed by atoms with van der Waals surface area (Å²) in [6.07, 6.45) is 3.40. The molecule has 0 radical (unpaired) electrons. The third kappa shape index (κ3) is 4.39. The molecule has 1 amide bonds. The van der Waals surface area contributed by atoms with E-state index in [9.17, 15) is 14.4 Å². The van der Waals surface area contributed by atoms with Crippen LogP contribution in [0, 0.1) is 0 Å². The predicted molar refractivity (Wildman–Crippen MR) is 118 cm³/mol. The zero-order valence-electron chi connectivity index (χ0n) is 17.9. The van der Waals surface area contributed by atoms with Gasteiger partial charge in [-0.3, -0.25) is 19.1 Å². The highest BCUT2D eigenvalue weighted by atomic mass is 79.9. The van der Waals surface area contributed by atoms with Crippen molar-refractivity contribution in [2.24, 2.45) is 0 Å². The number of carbonyl (C=O) groups is 2. The molecule has 9 heteroatoms. The molecule has 31 heavy (non-hydrogen) atoms. The van der Waals surface area contributed by atoms with E-state index in [1.54, 1.807) is 18.3 Å². The first-order valence-corrected chi connectivity index (χ1v) is 11.1. The molecule has 2 aliphatic heterocycles. The van der Waals surface area contributed by atoms with Crippen molar-refractivity contribution in [3.05, 3.63) is 39.2 Å². The lowest BCUT2D eigenvalue weighted by molar-refractivity contribution is -0.178. The zero-order valence-corrected chi connectivity index (χ0v) is 19.5. The first-order chi connectivity index (χ1) is 14.5. The fourth-order valence-electron chi connectivity index (χ4n) is 4.33. The average Bonchev–Trinajstić information content (AvgIpc) is 2.69. The molecule has 8 nitrogen and oxygen atoms in total. The van der Waals surface area contributed by atoms with Crippen LogP contribution in [0.4, 0.5) is 4.79 Å². The first-order valence-electron chi connectivity index (χ1n) is 10.3. The Bertz CT molecular complexity index is 1080. The van der Waals surface area contributed by atoms with Crippen molar-refractivity contribution < 1.29 is 19.1 Å². The van der Waals surface area contributed by atoms with E-state index >= 15 is 0 Å². The van der Waals surface area contributed by atoms with Crippen LogP contribution >= 0.6 is 15.9 Å². The van der Waals surface area contributed by atoms with Gasteiger partial charge in [0.05, 0.1) is 29.7 Å². The maximum absolute atomic E-state index is 13.3. The predicted octanol–water partition coefficient (Wildman–Crippen LogP) is 3.33. The minimum Gasteiger partial charge on any atom is -0.444 e. The molecule has 2 bridgehead atoms. The molecule has 166 valence electrons. The smallest absolute Gasteiger partial charge is 0.408 e. The normalized spacial score (nSPS) is 25.4. The number of carbonyl (C=O) groups excluding carboxylic acids is 2. The molecule has 1 N–H and O–H groups in total. The van der Waals surface area contributed by atoms with E-state index in [1.807, 2.05) is 20.8 Å². The monoisotopic (exact) mass is 491 g/mol. The zero-order chi connectivity index (χ0) is 22.4. The highest BCUT2D eigenvalue weighted by Crippen LogP contribution is 2.44. The molecule has 3 aliphatic rings. The van der Waals surface area contributed by atoms with Crippen molar-refractivity contribution in [2.75, 3.05) is 6.61 Å². The van der Waals surface area contributed by atoms with Gasteiger partial charge in [-0.15, -0.1) is 0 Å². The Morgan fingerprint density at radius 2 is 1.97 bits per heavy atom. The van der Waals surface area contributed by atoms with Gasteiger partial charge in [-0.1, -0.05) is 0 Å². The van der Waals surface area contributed by atoms with Gasteiger partial charge in [0, 0.05) is 16.7 Å². The molecule has 3 fully saturated rings. The number of pyridine rings is 2. The van der Waals surface area contributed by atoms with E-state index < -0.39 is 22.8 Å². The standard InChI is InChI=1S/C22H26BrN3O5/c1-20(2,3)31-19(29)25-21-6-8-22(9-7-21,30-13-21)17(27)12-26-16-10-14(23)11-24-15(16)4-5-18(26)28/h4-5,10-11H,6-9,12-13H2,1-3H3,(H,25,29). The summed E-state index contributed by atoms with van der Waals surface area (Å²) < 4.78 is 13.6. The van der Waals surface area contributed by atoms with Crippen LogP contribution in [-0.2, 0) is 20.8 Å². The number of nitrogens with zero attached hydrogens (tertiary/aromatic N) is 2. The SMILES string of the molecule is CC(C)(C)OC(=O)NC12CCC(C(=O)Cn3c(=O)ccc4ncc(Br)cc43)(CC1)OC2. The van der Waals surface area contributed by atoms with Gasteiger partial charge in [-0.2, -0.15) is 0 Å². The van der Waals surface area contributed by atoms with Gasteiger partial charge >= 0.3 is 6.09 Å². The first kappa shape index (κ1) is 22.0. The largest absolute Gasteiger partial charge is 0.444 e. The van der Waals surface area contributed by atoms with Crippen LogP contribution in [0.15, 0.2) is 33.7 Å². The van der Waals surface area contributed by atoms with Crippen molar-refractivity contribution in [2.45, 2.75) is 69.7 Å². The maximum atomic E-state index is 13.3. The number of amides is 1. The van der Waals surface area contributed by atoms with Crippen LogP contribution in [0.25, 0.3) is 11.0 Å². The Hall–Kier alpha value is -2.26. The van der Waals surface area contributed by atoms with E-state index in [0.29, 0.717) is 36.7 Å². The van der Waals surface area contributed by atoms with Gasteiger partial charge in [-0.05, 0) is 74.5 Å². The highest BCUT2D eigenvalue weighted by Gasteiger charge is 2.54. The fourth-order valence-corrected chi connectivity index (χ4v) is 4.65. The summed E-state index contributed by atoms with van der Waals surface area (Å²) in [6.45, 7) is 5.61. The molecule has 4 heterocycles. The average molecular weight is 492 g/mol. The molecule has 1 aliphatic carbocycles. The molecular formula is C22H26BrN3O5. The van der Waals surface area contributed by atoms with Crippen molar-refractivity contribution in [3.63, 3.8) is 0 Å². The fraction of sp³-hybridized carbons (Fsp3) is 0.545. The second-order valence-corrected chi connectivity index (χ2v) is 10.3. The van der Waals surface area contributed by atoms with E-state index in [-0.39, 0.29) is 24.5 Å². The molecule has 0 aromatic carbocycles. The Labute approximate surface area is 188 Å². The summed E-state index contributed by atoms with van der Waals surface area (Å²) in [7, 11) is 0. The van der Waals surface area contributed by atoms with E-state index in [2.05, 4.69) is 26.2 Å². The lowest BCUT2D eigenvalue weighted by Gasteiger charge is -2.52. The van der Waals surface area contributed by atoms with Gasteiger partial charge in [0.1, 0.15) is 11.2 Å². The van der Waals surface area contributed by atoms with Gasteiger partial charge in [0.25, 0.3) is 5.56 Å². The van der Waals surface area contributed by atoms with Gasteiger partial charge in [0.2, 0.25) is 0 Å². The van der Waals surface area contributed by atoms with Crippen molar-refractivity contribution in [1.82, 2.24) is 14.9 Å². The number of ketones is 1. The molecule has 5 rings (SSSR count). The topological polar surface area (TPSA) is 99.5 Å². The molecular weight excluding hydrogens is 466 g/mol. The summed E-state index contributed by atoms with van der Waals surface area (Å²) in [5.41, 5.74) is -1.06. The minimum absolute atomic E-state index is 0.0825. The number of halogens is 1. The minimum atomic E-state index is -0.932. The number of hydrogen-bond donors (Lipinski definition) is 1. The number of Topliss-reactive ketones (excluding diaryl/α,β-unsaturated/α-hetero) is 1. The van der Waals surface area contributed by atoms with Crippen molar-refractivity contribution >= 4 is 38.8 Å². The number of fused-ring (bicyclic) bond motifs is 4. The lowest BCUT2D eigenvalue weighted by Crippen LogP contribution is -2.65. The summed E-state index contributed by atoms with van der Waals surface area (Å²) in [4.78, 5) is 42.4. The molecule has 0 unspecified atom stereocenters. The van der Waals surface area contributed by atoms with E-state index in [4.69, 9.17) is 9.47 Å². The summed E-state index contributed by atoms with van der Waals surface area (Å²) >= 11 is 3.38. The molecule has 0 spiro atoms. The number of hydrogen-bond acceptors (Lipinski definition) is 6. The summed E-state index contributed by atoms with van der Waals surface area (Å²) in [6, 6.07) is 4.86. The van der Waals surface area contributed by atoms with Crippen LogP contribution in [0.5, 0.6) is 0 Å². The second kappa shape index (κ2) is 7.70. The molecule has 0 atom stereocenters. The van der Waals surface area contributed by atoms with Crippen LogP contribution in [0.2, 0.25) is 0 Å². The Morgan fingerprint density at radius 3 is 2.58 bits per heavy atom. The van der Waals surface area contributed by atoms with E-state index in [1.165, 1.54) is 10.6 Å². The van der Waals surface area contributed by atoms with Crippen molar-refractivity contribution in [3.8, 4) is 0 Å². The number of nitrogens with one attached hydrogen (secondary N) is 1. The molecule has 2 aromatic rings. The number of aromatic nitrogens is 2. The van der Waals surface area contributed by atoms with Crippen LogP contribution in [0.3, 0.4) is 0 Å². The Kier molecular flexibility index (Phi) is 5.46. The van der Waals surface area contributed by atoms with Crippen LogP contribution < -0.4 is 10.9 Å². The van der Waals surface area contributed by atoms with Gasteiger partial charge < -0.3 is 14.8 Å². The van der Waals surface area contributed by atoms with Gasteiger partial charge in [0.15, 0.2) is 5.78 Å². The van der Waals surface area contributed by atoms with Crippen LogP contribution in [-0.4, -0.2) is 44.8 Å². The van der Waals surface area contributed by atoms with Crippen molar-refractivity contribution in [1.29, 1.82) is 0 Å². The maximum Gasteiger partial charge on any atom is 0.408 e. The Balaban J connectivity index is 1.50. The third-order valence-corrected chi connectivity index (χ3v) is 6.45. The Morgan fingerprint density at radius 1 is 1.26 bits per heavy atom.